The number of anilines is 1. The monoisotopic (exact) mass is 312 g/mol. The van der Waals surface area contributed by atoms with Gasteiger partial charge in [-0.2, -0.15) is 5.10 Å². The summed E-state index contributed by atoms with van der Waals surface area (Å²) in [4.78, 5) is 14.4. The summed E-state index contributed by atoms with van der Waals surface area (Å²) in [5.41, 5.74) is 2.00. The molecule has 1 aliphatic rings. The van der Waals surface area contributed by atoms with E-state index in [1.807, 2.05) is 54.3 Å². The first-order valence-electron chi connectivity index (χ1n) is 8.26. The number of carbonyl (C=O) groups is 1. The van der Waals surface area contributed by atoms with Crippen LogP contribution in [0.15, 0.2) is 42.7 Å². The van der Waals surface area contributed by atoms with Crippen LogP contribution in [0.1, 0.15) is 18.4 Å². The lowest BCUT2D eigenvalue weighted by Crippen LogP contribution is -2.40. The first-order chi connectivity index (χ1) is 11.2. The summed E-state index contributed by atoms with van der Waals surface area (Å²) < 4.78 is 2.01. The number of nitrogens with one attached hydrogen (secondary N) is 1. The summed E-state index contributed by atoms with van der Waals surface area (Å²) >= 11 is 0. The van der Waals surface area contributed by atoms with Gasteiger partial charge in [-0.05, 0) is 56.5 Å². The van der Waals surface area contributed by atoms with E-state index in [0.717, 1.165) is 43.7 Å². The van der Waals surface area contributed by atoms with Gasteiger partial charge in [0.2, 0.25) is 5.91 Å². The van der Waals surface area contributed by atoms with Crippen molar-refractivity contribution in [2.45, 2.75) is 26.3 Å². The molecule has 0 bridgehead atoms. The number of carbonyl (C=O) groups excluding carboxylic acids is 1. The molecule has 1 aliphatic heterocycles. The molecular weight excluding hydrogens is 288 g/mol. The highest BCUT2D eigenvalue weighted by Crippen LogP contribution is 2.19. The quantitative estimate of drug-likeness (QED) is 0.923. The average molecular weight is 312 g/mol. The Morgan fingerprint density at radius 2 is 2.04 bits per heavy atom. The van der Waals surface area contributed by atoms with Crippen molar-refractivity contribution in [2.24, 2.45) is 5.92 Å². The lowest BCUT2D eigenvalue weighted by Gasteiger charge is -2.31. The number of nitrogens with zero attached hydrogens (tertiary/aromatic N) is 3. The van der Waals surface area contributed by atoms with E-state index >= 15 is 0 Å². The van der Waals surface area contributed by atoms with Gasteiger partial charge < -0.3 is 5.32 Å². The third-order valence-electron chi connectivity index (χ3n) is 4.50. The van der Waals surface area contributed by atoms with Crippen molar-refractivity contribution in [3.63, 3.8) is 0 Å². The van der Waals surface area contributed by atoms with Crippen LogP contribution in [0.4, 0.5) is 5.69 Å². The summed E-state index contributed by atoms with van der Waals surface area (Å²) in [6.07, 6.45) is 6.09. The number of hydrogen-bond acceptors (Lipinski definition) is 3. The van der Waals surface area contributed by atoms with Crippen LogP contribution in [0, 0.1) is 12.8 Å². The molecule has 0 atom stereocenters. The van der Waals surface area contributed by atoms with E-state index in [-0.39, 0.29) is 5.91 Å². The molecule has 1 saturated heterocycles. The molecule has 1 N–H and O–H groups in total. The first-order valence-corrected chi connectivity index (χ1v) is 8.26. The minimum absolute atomic E-state index is 0.0739. The Hall–Kier alpha value is -2.14. The molecule has 5 heteroatoms. The Morgan fingerprint density at radius 1 is 1.26 bits per heavy atom. The molecule has 0 aliphatic carbocycles. The summed E-state index contributed by atoms with van der Waals surface area (Å²) in [6, 6.07) is 9.85. The fourth-order valence-electron chi connectivity index (χ4n) is 3.11. The second-order valence-corrected chi connectivity index (χ2v) is 6.31. The predicted molar refractivity (Wildman–Crippen MR) is 91.2 cm³/mol. The van der Waals surface area contributed by atoms with E-state index in [2.05, 4.69) is 15.3 Å². The van der Waals surface area contributed by atoms with Gasteiger partial charge in [0.15, 0.2) is 0 Å². The molecule has 1 amide bonds. The summed E-state index contributed by atoms with van der Waals surface area (Å²) in [6.45, 7) is 5.43. The number of para-hydroxylation sites is 1. The van der Waals surface area contributed by atoms with Crippen molar-refractivity contribution < 1.29 is 4.79 Å². The average Bonchev–Trinajstić information content (AvgIpc) is 3.04. The second-order valence-electron chi connectivity index (χ2n) is 6.31. The molecular formula is C18H24N4O. The van der Waals surface area contributed by atoms with Crippen LogP contribution in [0.2, 0.25) is 0 Å². The van der Waals surface area contributed by atoms with Gasteiger partial charge in [-0.25, -0.2) is 0 Å². The maximum absolute atomic E-state index is 12.2. The molecule has 3 rings (SSSR count). The van der Waals surface area contributed by atoms with Gasteiger partial charge in [0.05, 0.1) is 6.54 Å². The number of benzene rings is 1. The number of aryl methyl sites for hydroxylation is 1. The topological polar surface area (TPSA) is 50.2 Å². The number of hydrogen-bond donors (Lipinski definition) is 1. The highest BCUT2D eigenvalue weighted by atomic mass is 16.2. The lowest BCUT2D eigenvalue weighted by atomic mass is 9.97. The van der Waals surface area contributed by atoms with Crippen LogP contribution in [0.3, 0.4) is 0 Å². The number of aromatic nitrogens is 2. The van der Waals surface area contributed by atoms with Crippen molar-refractivity contribution in [3.8, 4) is 0 Å². The Bertz CT molecular complexity index is 630. The molecule has 1 aromatic heterocycles. The predicted octanol–water partition coefficient (Wildman–Crippen LogP) is 2.54. The molecule has 0 saturated carbocycles. The van der Waals surface area contributed by atoms with Gasteiger partial charge in [0.25, 0.3) is 0 Å². The number of amides is 1. The number of piperidine rings is 1. The summed E-state index contributed by atoms with van der Waals surface area (Å²) in [5, 5.41) is 7.28. The standard InChI is InChI=1S/C18H24N4O/c1-15-5-2-3-6-17(15)20-18(23)14-21-11-7-16(8-12-21)13-22-10-4-9-19-22/h2-6,9-10,16H,7-8,11-14H2,1H3,(H,20,23). The largest absolute Gasteiger partial charge is 0.325 e. The molecule has 2 aromatic rings. The van der Waals surface area contributed by atoms with E-state index < -0.39 is 0 Å². The molecule has 5 nitrogen and oxygen atoms in total. The van der Waals surface area contributed by atoms with Gasteiger partial charge in [-0.15, -0.1) is 0 Å². The zero-order chi connectivity index (χ0) is 16.1. The Morgan fingerprint density at radius 3 is 2.74 bits per heavy atom. The third kappa shape index (κ3) is 4.42. The maximum atomic E-state index is 12.2. The highest BCUT2D eigenvalue weighted by Gasteiger charge is 2.21. The molecule has 0 spiro atoms. The van der Waals surface area contributed by atoms with Crippen LogP contribution in [-0.2, 0) is 11.3 Å². The van der Waals surface area contributed by atoms with Crippen LogP contribution < -0.4 is 5.32 Å². The fraction of sp³-hybridized carbons (Fsp3) is 0.444. The van der Waals surface area contributed by atoms with Crippen molar-refractivity contribution >= 4 is 11.6 Å². The minimum Gasteiger partial charge on any atom is -0.325 e. The summed E-state index contributed by atoms with van der Waals surface area (Å²) in [5.74, 6) is 0.732. The third-order valence-corrected chi connectivity index (χ3v) is 4.50. The first kappa shape index (κ1) is 15.7. The summed E-state index contributed by atoms with van der Waals surface area (Å²) in [7, 11) is 0. The fourth-order valence-corrected chi connectivity index (χ4v) is 3.11. The molecule has 122 valence electrons. The molecule has 0 unspecified atom stereocenters. The molecule has 1 aromatic carbocycles. The van der Waals surface area contributed by atoms with Gasteiger partial charge in [-0.3, -0.25) is 14.4 Å². The number of rotatable bonds is 5. The van der Waals surface area contributed by atoms with Crippen molar-refractivity contribution in [2.75, 3.05) is 25.0 Å². The van der Waals surface area contributed by atoms with E-state index in [1.165, 1.54) is 0 Å². The minimum atomic E-state index is 0.0739. The van der Waals surface area contributed by atoms with Gasteiger partial charge >= 0.3 is 0 Å². The van der Waals surface area contributed by atoms with Crippen LogP contribution in [0.5, 0.6) is 0 Å². The van der Waals surface area contributed by atoms with Gasteiger partial charge in [0, 0.05) is 24.6 Å². The van der Waals surface area contributed by atoms with E-state index in [0.29, 0.717) is 12.5 Å². The normalized spacial score (nSPS) is 16.4. The number of likely N-dealkylation sites (tertiary alicyclic amines) is 1. The molecule has 0 radical (unpaired) electrons. The van der Waals surface area contributed by atoms with E-state index in [1.54, 1.807) is 0 Å². The van der Waals surface area contributed by atoms with E-state index in [9.17, 15) is 4.79 Å². The zero-order valence-corrected chi connectivity index (χ0v) is 13.6. The second kappa shape index (κ2) is 7.42. The highest BCUT2D eigenvalue weighted by molar-refractivity contribution is 5.92. The molecule has 23 heavy (non-hydrogen) atoms. The zero-order valence-electron chi connectivity index (χ0n) is 13.6. The van der Waals surface area contributed by atoms with Crippen molar-refractivity contribution in [1.29, 1.82) is 0 Å². The van der Waals surface area contributed by atoms with Crippen LogP contribution in [0.25, 0.3) is 0 Å². The Labute approximate surface area is 137 Å². The SMILES string of the molecule is Cc1ccccc1NC(=O)CN1CCC(Cn2cccn2)CC1. The Balaban J connectivity index is 1.43. The van der Waals surface area contributed by atoms with Crippen molar-refractivity contribution in [3.05, 3.63) is 48.3 Å². The molecule has 2 heterocycles. The van der Waals surface area contributed by atoms with Gasteiger partial charge in [-0.1, -0.05) is 18.2 Å². The van der Waals surface area contributed by atoms with Crippen molar-refractivity contribution in [1.82, 2.24) is 14.7 Å². The smallest absolute Gasteiger partial charge is 0.238 e. The Kier molecular flexibility index (Phi) is 5.08. The van der Waals surface area contributed by atoms with Crippen LogP contribution in [-0.4, -0.2) is 40.2 Å². The van der Waals surface area contributed by atoms with Gasteiger partial charge in [0.1, 0.15) is 0 Å². The van der Waals surface area contributed by atoms with Crippen LogP contribution >= 0.6 is 0 Å². The maximum Gasteiger partial charge on any atom is 0.238 e. The molecule has 1 fully saturated rings. The van der Waals surface area contributed by atoms with E-state index in [4.69, 9.17) is 0 Å². The lowest BCUT2D eigenvalue weighted by molar-refractivity contribution is -0.117.